The molecule has 1 heterocycles. The van der Waals surface area contributed by atoms with Crippen molar-refractivity contribution in [2.75, 3.05) is 19.5 Å². The van der Waals surface area contributed by atoms with Gasteiger partial charge in [-0.25, -0.2) is 4.99 Å². The maximum Gasteiger partial charge on any atom is 0.226 e. The molecule has 0 radical (unpaired) electrons. The van der Waals surface area contributed by atoms with Gasteiger partial charge in [-0.1, -0.05) is 32.9 Å². The van der Waals surface area contributed by atoms with E-state index in [9.17, 15) is 10.1 Å². The number of pyridine rings is 1. The Bertz CT molecular complexity index is 1250. The van der Waals surface area contributed by atoms with Crippen molar-refractivity contribution in [3.63, 3.8) is 0 Å². The Labute approximate surface area is 205 Å². The molecule has 3 rings (SSSR count). The number of ether oxygens (including phenoxy) is 2. The normalized spacial score (nSPS) is 12.4. The number of nitriles is 1. The van der Waals surface area contributed by atoms with Gasteiger partial charge in [0.2, 0.25) is 11.9 Å². The first-order valence-electron chi connectivity index (χ1n) is 11.1. The van der Waals surface area contributed by atoms with Crippen LogP contribution in [0.3, 0.4) is 0 Å². The summed E-state index contributed by atoms with van der Waals surface area (Å²) in [6.45, 7) is 5.89. The predicted octanol–water partition coefficient (Wildman–Crippen LogP) is 3.82. The Morgan fingerprint density at radius 3 is 2.57 bits per heavy atom. The number of carbonyl (C=O) groups excluding carboxylic acids is 1. The van der Waals surface area contributed by atoms with Gasteiger partial charge < -0.3 is 20.1 Å². The average Bonchev–Trinajstić information content (AvgIpc) is 2.83. The van der Waals surface area contributed by atoms with Gasteiger partial charge in [0.15, 0.2) is 17.7 Å². The summed E-state index contributed by atoms with van der Waals surface area (Å²) in [5.74, 6) is 1.15. The van der Waals surface area contributed by atoms with Crippen LogP contribution in [0.2, 0.25) is 0 Å². The predicted molar refractivity (Wildman–Crippen MR) is 136 cm³/mol. The van der Waals surface area contributed by atoms with E-state index in [0.29, 0.717) is 11.5 Å². The summed E-state index contributed by atoms with van der Waals surface area (Å²) in [7, 11) is 3.11. The summed E-state index contributed by atoms with van der Waals surface area (Å²) in [6.07, 6.45) is 3.14. The minimum atomic E-state index is -0.619. The zero-order valence-corrected chi connectivity index (χ0v) is 20.5. The first kappa shape index (κ1) is 25.3. The lowest BCUT2D eigenvalue weighted by atomic mass is 9.92. The van der Waals surface area contributed by atoms with E-state index in [1.165, 1.54) is 0 Å². The maximum atomic E-state index is 12.9. The van der Waals surface area contributed by atoms with Crippen LogP contribution in [0.1, 0.15) is 26.3 Å². The topological polar surface area (TPSA) is 121 Å². The molecule has 3 aromatic rings. The van der Waals surface area contributed by atoms with Crippen molar-refractivity contribution in [1.29, 1.82) is 5.26 Å². The van der Waals surface area contributed by atoms with Gasteiger partial charge in [0.25, 0.3) is 0 Å². The highest BCUT2D eigenvalue weighted by Gasteiger charge is 2.27. The monoisotopic (exact) mass is 474 g/mol. The van der Waals surface area contributed by atoms with Crippen LogP contribution in [0.15, 0.2) is 59.7 Å². The molecule has 0 aliphatic rings. The lowest BCUT2D eigenvalue weighted by Crippen LogP contribution is -2.45. The van der Waals surface area contributed by atoms with Gasteiger partial charge in [0, 0.05) is 17.0 Å². The first-order valence-corrected chi connectivity index (χ1v) is 11.1. The minimum Gasteiger partial charge on any atom is -0.493 e. The number of nitrogens with one attached hydrogen (secondary N) is 3. The van der Waals surface area contributed by atoms with Gasteiger partial charge in [-0.05, 0) is 42.0 Å². The molecule has 9 nitrogen and oxygen atoms in total. The zero-order chi connectivity index (χ0) is 25.4. The Balaban J connectivity index is 1.83. The molecule has 1 amide bonds. The summed E-state index contributed by atoms with van der Waals surface area (Å²) < 4.78 is 10.6. The van der Waals surface area contributed by atoms with Gasteiger partial charge in [-0.3, -0.25) is 15.1 Å². The molecule has 3 N–H and O–H groups in total. The Morgan fingerprint density at radius 1 is 1.11 bits per heavy atom. The fourth-order valence-corrected chi connectivity index (χ4v) is 3.44. The number of guanidine groups is 1. The number of carbonyl (C=O) groups is 1. The maximum absolute atomic E-state index is 12.9. The second-order valence-corrected chi connectivity index (χ2v) is 8.92. The Hall–Kier alpha value is -4.32. The van der Waals surface area contributed by atoms with E-state index in [0.717, 1.165) is 22.2 Å². The van der Waals surface area contributed by atoms with Crippen LogP contribution in [-0.2, 0) is 11.2 Å². The number of amides is 1. The van der Waals surface area contributed by atoms with E-state index < -0.39 is 11.6 Å². The van der Waals surface area contributed by atoms with Crippen LogP contribution < -0.4 is 25.4 Å². The van der Waals surface area contributed by atoms with Crippen molar-refractivity contribution in [1.82, 2.24) is 15.6 Å². The molecular weight excluding hydrogens is 444 g/mol. The molecule has 182 valence electrons. The first-order chi connectivity index (χ1) is 16.7. The summed E-state index contributed by atoms with van der Waals surface area (Å²) in [6, 6.07) is 14.8. The number of anilines is 1. The number of fused-ring (bicyclic) bond motifs is 1. The van der Waals surface area contributed by atoms with Crippen molar-refractivity contribution in [3.05, 3.63) is 60.3 Å². The van der Waals surface area contributed by atoms with Crippen LogP contribution in [0.5, 0.6) is 11.5 Å². The van der Waals surface area contributed by atoms with E-state index in [1.807, 2.05) is 63.4 Å². The SMILES string of the molecule is COc1ccc(CC(=O)N[C@@H](N=C(NC#N)Nc2cccc3ncccc23)C(C)(C)C)cc1OC. The lowest BCUT2D eigenvalue weighted by Gasteiger charge is -2.29. The van der Waals surface area contributed by atoms with E-state index in [2.05, 4.69) is 25.9 Å². The van der Waals surface area contributed by atoms with Gasteiger partial charge in [-0.2, -0.15) is 5.26 Å². The van der Waals surface area contributed by atoms with Gasteiger partial charge in [-0.15, -0.1) is 0 Å². The molecular formula is C26H30N6O3. The number of nitrogens with zero attached hydrogens (tertiary/aromatic N) is 3. The number of hydrogen-bond acceptors (Lipinski definition) is 6. The number of hydrogen-bond donors (Lipinski definition) is 3. The number of methoxy groups -OCH3 is 2. The molecule has 2 aromatic carbocycles. The third-order valence-corrected chi connectivity index (χ3v) is 5.26. The highest BCUT2D eigenvalue weighted by atomic mass is 16.5. The standard InChI is InChI=1S/C26H30N6O3/c1-26(2,3)24(31-23(33)15-17-11-12-21(34-4)22(14-17)35-5)32-25(29-16-27)30-20-10-6-9-19-18(20)8-7-13-28-19/h6-14,24H,15H2,1-5H3,(H,31,33)(H2,29,30,32)/t24-/m0/s1. The molecule has 0 aliphatic carbocycles. The van der Waals surface area contributed by atoms with Crippen molar-refractivity contribution in [3.8, 4) is 17.7 Å². The minimum absolute atomic E-state index is 0.131. The molecule has 0 fully saturated rings. The number of benzene rings is 2. The Morgan fingerprint density at radius 2 is 1.89 bits per heavy atom. The lowest BCUT2D eigenvalue weighted by molar-refractivity contribution is -0.121. The fraction of sp³-hybridized carbons (Fsp3) is 0.308. The van der Waals surface area contributed by atoms with Crippen LogP contribution in [-0.4, -0.2) is 37.2 Å². The van der Waals surface area contributed by atoms with E-state index >= 15 is 0 Å². The third-order valence-electron chi connectivity index (χ3n) is 5.26. The van der Waals surface area contributed by atoms with E-state index in [-0.39, 0.29) is 18.3 Å². The second kappa shape index (κ2) is 11.2. The van der Waals surface area contributed by atoms with E-state index in [4.69, 9.17) is 9.47 Å². The highest BCUT2D eigenvalue weighted by Crippen LogP contribution is 2.28. The quantitative estimate of drug-likeness (QED) is 0.206. The zero-order valence-electron chi connectivity index (χ0n) is 20.5. The van der Waals surface area contributed by atoms with Crippen LogP contribution >= 0.6 is 0 Å². The van der Waals surface area contributed by atoms with Crippen LogP contribution in [0.4, 0.5) is 5.69 Å². The molecule has 0 bridgehead atoms. The smallest absolute Gasteiger partial charge is 0.226 e. The van der Waals surface area contributed by atoms with Gasteiger partial charge in [0.05, 0.1) is 31.8 Å². The van der Waals surface area contributed by atoms with Crippen LogP contribution in [0.25, 0.3) is 10.9 Å². The average molecular weight is 475 g/mol. The van der Waals surface area contributed by atoms with Crippen molar-refractivity contribution >= 4 is 28.5 Å². The summed E-state index contributed by atoms with van der Waals surface area (Å²) >= 11 is 0. The summed E-state index contributed by atoms with van der Waals surface area (Å²) in [5.41, 5.74) is 1.89. The van der Waals surface area contributed by atoms with Crippen molar-refractivity contribution in [2.45, 2.75) is 33.4 Å². The number of rotatable bonds is 7. The Kier molecular flexibility index (Phi) is 8.10. The molecule has 1 atom stereocenters. The molecule has 0 saturated heterocycles. The molecule has 0 spiro atoms. The fourth-order valence-electron chi connectivity index (χ4n) is 3.44. The highest BCUT2D eigenvalue weighted by molar-refractivity contribution is 6.02. The van der Waals surface area contributed by atoms with Gasteiger partial charge >= 0.3 is 0 Å². The molecule has 35 heavy (non-hydrogen) atoms. The van der Waals surface area contributed by atoms with Crippen molar-refractivity contribution < 1.29 is 14.3 Å². The number of aromatic nitrogens is 1. The summed E-state index contributed by atoms with van der Waals surface area (Å²) in [4.78, 5) is 21.9. The molecule has 0 saturated carbocycles. The molecule has 0 unspecified atom stereocenters. The van der Waals surface area contributed by atoms with Crippen molar-refractivity contribution in [2.24, 2.45) is 10.4 Å². The van der Waals surface area contributed by atoms with Gasteiger partial charge in [0.1, 0.15) is 6.17 Å². The van der Waals surface area contributed by atoms with E-state index in [1.54, 1.807) is 32.5 Å². The molecule has 1 aromatic heterocycles. The summed E-state index contributed by atoms with van der Waals surface area (Å²) in [5, 5.41) is 18.9. The largest absolute Gasteiger partial charge is 0.493 e. The molecule has 9 heteroatoms. The molecule has 0 aliphatic heterocycles. The van der Waals surface area contributed by atoms with Crippen LogP contribution in [0, 0.1) is 16.9 Å². The third kappa shape index (κ3) is 6.60. The number of aliphatic imine (C=N–C) groups is 1. The second-order valence-electron chi connectivity index (χ2n) is 8.92.